The van der Waals surface area contributed by atoms with Crippen molar-refractivity contribution in [2.45, 2.75) is 20.0 Å². The highest BCUT2D eigenvalue weighted by Gasteiger charge is 2.17. The SMILES string of the molecule is CC(C)C(C#N)OC(=O)Nc1ccccc1. The third-order valence-corrected chi connectivity index (χ3v) is 1.99. The number of anilines is 1. The van der Waals surface area contributed by atoms with Crippen LogP contribution in [-0.4, -0.2) is 12.2 Å². The maximum Gasteiger partial charge on any atom is 0.412 e. The van der Waals surface area contributed by atoms with Crippen LogP contribution in [0.2, 0.25) is 0 Å². The van der Waals surface area contributed by atoms with Crippen molar-refractivity contribution in [1.29, 1.82) is 5.26 Å². The summed E-state index contributed by atoms with van der Waals surface area (Å²) in [6.07, 6.45) is -1.32. The number of rotatable bonds is 3. The molecule has 0 aliphatic heterocycles. The van der Waals surface area contributed by atoms with E-state index in [4.69, 9.17) is 10.00 Å². The van der Waals surface area contributed by atoms with Crippen LogP contribution in [0, 0.1) is 17.2 Å². The van der Waals surface area contributed by atoms with Crippen molar-refractivity contribution in [2.24, 2.45) is 5.92 Å². The molecule has 0 spiro atoms. The Balaban J connectivity index is 2.52. The Morgan fingerprint density at radius 3 is 2.50 bits per heavy atom. The summed E-state index contributed by atoms with van der Waals surface area (Å²) in [7, 11) is 0. The van der Waals surface area contributed by atoms with Crippen molar-refractivity contribution in [3.8, 4) is 6.07 Å². The Hall–Kier alpha value is -2.02. The van der Waals surface area contributed by atoms with Gasteiger partial charge >= 0.3 is 6.09 Å². The van der Waals surface area contributed by atoms with Gasteiger partial charge in [-0.15, -0.1) is 0 Å². The fourth-order valence-corrected chi connectivity index (χ4v) is 1.10. The fraction of sp³-hybridized carbons (Fsp3) is 0.333. The second kappa shape index (κ2) is 5.76. The summed E-state index contributed by atoms with van der Waals surface area (Å²) in [5, 5.41) is 11.3. The summed E-state index contributed by atoms with van der Waals surface area (Å²) in [5.74, 6) is -0.0217. The summed E-state index contributed by atoms with van der Waals surface area (Å²) in [4.78, 5) is 11.4. The number of carbonyl (C=O) groups excluding carboxylic acids is 1. The minimum atomic E-state index is -0.719. The van der Waals surface area contributed by atoms with Gasteiger partial charge in [0.2, 0.25) is 0 Å². The first-order chi connectivity index (χ1) is 7.63. The van der Waals surface area contributed by atoms with Gasteiger partial charge in [-0.1, -0.05) is 32.0 Å². The number of amides is 1. The van der Waals surface area contributed by atoms with Crippen molar-refractivity contribution in [3.63, 3.8) is 0 Å². The summed E-state index contributed by atoms with van der Waals surface area (Å²) >= 11 is 0. The van der Waals surface area contributed by atoms with E-state index < -0.39 is 12.2 Å². The Bertz CT molecular complexity index is 382. The third kappa shape index (κ3) is 3.62. The van der Waals surface area contributed by atoms with Gasteiger partial charge in [-0.3, -0.25) is 5.32 Å². The maximum atomic E-state index is 11.4. The predicted molar refractivity (Wildman–Crippen MR) is 60.8 cm³/mol. The zero-order valence-electron chi connectivity index (χ0n) is 9.31. The van der Waals surface area contributed by atoms with Crippen LogP contribution >= 0.6 is 0 Å². The normalized spacial score (nSPS) is 11.6. The predicted octanol–water partition coefficient (Wildman–Crippen LogP) is 2.78. The first-order valence-electron chi connectivity index (χ1n) is 5.05. The van der Waals surface area contributed by atoms with Gasteiger partial charge in [0.1, 0.15) is 6.07 Å². The Labute approximate surface area is 94.8 Å². The van der Waals surface area contributed by atoms with Gasteiger partial charge in [0.05, 0.1) is 0 Å². The minimum Gasteiger partial charge on any atom is -0.430 e. The van der Waals surface area contributed by atoms with Crippen LogP contribution in [0.25, 0.3) is 0 Å². The summed E-state index contributed by atoms with van der Waals surface area (Å²) < 4.78 is 4.95. The molecule has 1 rings (SSSR count). The zero-order valence-corrected chi connectivity index (χ0v) is 9.31. The van der Waals surface area contributed by atoms with Crippen LogP contribution in [0.5, 0.6) is 0 Å². The van der Waals surface area contributed by atoms with Crippen LogP contribution in [0.15, 0.2) is 30.3 Å². The molecule has 1 amide bonds. The van der Waals surface area contributed by atoms with Crippen molar-refractivity contribution < 1.29 is 9.53 Å². The molecule has 0 bridgehead atoms. The number of nitrogens with zero attached hydrogens (tertiary/aromatic N) is 1. The number of hydrogen-bond acceptors (Lipinski definition) is 3. The van der Waals surface area contributed by atoms with Gasteiger partial charge in [0.25, 0.3) is 0 Å². The Kier molecular flexibility index (Phi) is 4.34. The molecule has 0 saturated carbocycles. The summed E-state index contributed by atoms with van der Waals surface area (Å²) in [6.45, 7) is 3.65. The van der Waals surface area contributed by atoms with Crippen LogP contribution in [0.4, 0.5) is 10.5 Å². The van der Waals surface area contributed by atoms with E-state index in [1.165, 1.54) is 0 Å². The molecule has 0 aromatic heterocycles. The first-order valence-corrected chi connectivity index (χ1v) is 5.05. The van der Waals surface area contributed by atoms with Crippen molar-refractivity contribution in [3.05, 3.63) is 30.3 Å². The number of benzene rings is 1. The summed E-state index contributed by atoms with van der Waals surface area (Å²) in [6, 6.07) is 10.9. The average Bonchev–Trinajstić information content (AvgIpc) is 2.27. The quantitative estimate of drug-likeness (QED) is 0.848. The number of ether oxygens (including phenoxy) is 1. The maximum absolute atomic E-state index is 11.4. The Morgan fingerprint density at radius 2 is 2.00 bits per heavy atom. The largest absolute Gasteiger partial charge is 0.430 e. The van der Waals surface area contributed by atoms with Gasteiger partial charge in [0, 0.05) is 11.6 Å². The lowest BCUT2D eigenvalue weighted by atomic mass is 10.1. The molecule has 0 saturated heterocycles. The summed E-state index contributed by atoms with van der Waals surface area (Å²) in [5.41, 5.74) is 0.646. The van der Waals surface area contributed by atoms with Crippen LogP contribution in [-0.2, 0) is 4.74 Å². The molecule has 4 heteroatoms. The van der Waals surface area contributed by atoms with Gasteiger partial charge in [-0.2, -0.15) is 5.26 Å². The molecule has 1 aromatic rings. The zero-order chi connectivity index (χ0) is 12.0. The smallest absolute Gasteiger partial charge is 0.412 e. The molecular weight excluding hydrogens is 204 g/mol. The molecule has 16 heavy (non-hydrogen) atoms. The van der Waals surface area contributed by atoms with Gasteiger partial charge < -0.3 is 4.74 Å². The Morgan fingerprint density at radius 1 is 1.38 bits per heavy atom. The van der Waals surface area contributed by atoms with E-state index in [2.05, 4.69) is 5.32 Å². The fourth-order valence-electron chi connectivity index (χ4n) is 1.10. The lowest BCUT2D eigenvalue weighted by Crippen LogP contribution is -2.25. The molecular formula is C12H14N2O2. The molecule has 4 nitrogen and oxygen atoms in total. The molecule has 1 atom stereocenters. The van der Waals surface area contributed by atoms with E-state index in [1.807, 2.05) is 26.0 Å². The van der Waals surface area contributed by atoms with Crippen molar-refractivity contribution >= 4 is 11.8 Å². The lowest BCUT2D eigenvalue weighted by molar-refractivity contribution is 0.114. The molecule has 1 unspecified atom stereocenters. The highest BCUT2D eigenvalue weighted by molar-refractivity contribution is 5.84. The standard InChI is InChI=1S/C12H14N2O2/c1-9(2)11(8-13)16-12(15)14-10-6-4-3-5-7-10/h3-7,9,11H,1-2H3,(H,14,15). The second-order valence-electron chi connectivity index (χ2n) is 3.69. The van der Waals surface area contributed by atoms with E-state index in [1.54, 1.807) is 24.3 Å². The molecule has 0 aliphatic carbocycles. The molecule has 1 N–H and O–H groups in total. The average molecular weight is 218 g/mol. The molecule has 1 aromatic carbocycles. The molecule has 0 aliphatic rings. The van der Waals surface area contributed by atoms with Crippen LogP contribution in [0.3, 0.4) is 0 Å². The van der Waals surface area contributed by atoms with E-state index in [-0.39, 0.29) is 5.92 Å². The number of para-hydroxylation sites is 1. The number of hydrogen-bond donors (Lipinski definition) is 1. The van der Waals surface area contributed by atoms with Crippen LogP contribution in [0.1, 0.15) is 13.8 Å². The van der Waals surface area contributed by atoms with Gasteiger partial charge in [0.15, 0.2) is 6.10 Å². The molecule has 0 fully saturated rings. The highest BCUT2D eigenvalue weighted by Crippen LogP contribution is 2.09. The van der Waals surface area contributed by atoms with E-state index in [0.29, 0.717) is 5.69 Å². The van der Waals surface area contributed by atoms with Crippen molar-refractivity contribution in [2.75, 3.05) is 5.32 Å². The van der Waals surface area contributed by atoms with Crippen molar-refractivity contribution in [1.82, 2.24) is 0 Å². The number of carbonyl (C=O) groups is 1. The monoisotopic (exact) mass is 218 g/mol. The van der Waals surface area contributed by atoms with Gasteiger partial charge in [-0.25, -0.2) is 4.79 Å². The lowest BCUT2D eigenvalue weighted by Gasteiger charge is -2.14. The van der Waals surface area contributed by atoms with Gasteiger partial charge in [-0.05, 0) is 12.1 Å². The third-order valence-electron chi connectivity index (χ3n) is 1.99. The topological polar surface area (TPSA) is 62.1 Å². The van der Waals surface area contributed by atoms with E-state index in [0.717, 1.165) is 0 Å². The first kappa shape index (κ1) is 12.1. The van der Waals surface area contributed by atoms with E-state index >= 15 is 0 Å². The molecule has 84 valence electrons. The second-order valence-corrected chi connectivity index (χ2v) is 3.69. The number of nitrogens with one attached hydrogen (secondary N) is 1. The molecule has 0 radical (unpaired) electrons. The minimum absolute atomic E-state index is 0.0217. The molecule has 0 heterocycles. The number of nitriles is 1. The van der Waals surface area contributed by atoms with E-state index in [9.17, 15) is 4.79 Å². The highest BCUT2D eigenvalue weighted by atomic mass is 16.6. The van der Waals surface area contributed by atoms with Crippen LogP contribution < -0.4 is 5.32 Å².